The number of carbonyl (C=O) groups excluding carboxylic acids is 1. The molecular weight excluding hydrogens is 306 g/mol. The lowest BCUT2D eigenvalue weighted by molar-refractivity contribution is -0.0462. The molecule has 0 aliphatic rings. The number of aliphatic hydroxyl groups is 1. The maximum absolute atomic E-state index is 12.8. The van der Waals surface area contributed by atoms with Crippen molar-refractivity contribution in [2.75, 3.05) is 19.7 Å². The van der Waals surface area contributed by atoms with E-state index in [4.69, 9.17) is 5.11 Å². The van der Waals surface area contributed by atoms with Crippen molar-refractivity contribution in [2.45, 2.75) is 17.7 Å². The number of hydrogen-bond acceptors (Lipinski definition) is 4. The lowest BCUT2D eigenvalue weighted by Gasteiger charge is -2.14. The van der Waals surface area contributed by atoms with Crippen molar-refractivity contribution in [3.63, 3.8) is 0 Å². The Labute approximate surface area is 121 Å². The first-order valence-corrected chi connectivity index (χ1v) is 7.57. The van der Waals surface area contributed by atoms with E-state index in [1.165, 1.54) is 24.3 Å². The van der Waals surface area contributed by atoms with Gasteiger partial charge in [-0.25, -0.2) is 21.9 Å². The number of benzene rings is 1. The molecule has 0 unspecified atom stereocenters. The zero-order chi connectivity index (χ0) is 16.1. The number of carbonyl (C=O) groups is 1. The van der Waals surface area contributed by atoms with Crippen molar-refractivity contribution in [1.29, 1.82) is 0 Å². The van der Waals surface area contributed by atoms with Gasteiger partial charge in [0, 0.05) is 12.1 Å². The van der Waals surface area contributed by atoms with E-state index in [0.717, 1.165) is 0 Å². The van der Waals surface area contributed by atoms with Gasteiger partial charge in [0.15, 0.2) is 0 Å². The summed E-state index contributed by atoms with van der Waals surface area (Å²) in [5, 5.41) is 10.3. The highest BCUT2D eigenvalue weighted by atomic mass is 32.2. The summed E-state index contributed by atoms with van der Waals surface area (Å²) < 4.78 is 51.2. The number of sulfonamides is 1. The molecule has 0 spiro atoms. The molecule has 6 nitrogen and oxygen atoms in total. The highest BCUT2D eigenvalue weighted by Gasteiger charge is 2.28. The molecule has 0 fully saturated rings. The maximum Gasteiger partial charge on any atom is 0.287 e. The third-order valence-corrected chi connectivity index (χ3v) is 4.06. The van der Waals surface area contributed by atoms with Crippen LogP contribution in [0.5, 0.6) is 0 Å². The fourth-order valence-electron chi connectivity index (χ4n) is 1.43. The summed E-state index contributed by atoms with van der Waals surface area (Å²) in [5.41, 5.74) is 0.0409. The molecule has 0 heterocycles. The highest BCUT2D eigenvalue weighted by molar-refractivity contribution is 7.89. The Kier molecular flexibility index (Phi) is 5.76. The second-order valence-electron chi connectivity index (χ2n) is 4.22. The maximum atomic E-state index is 12.8. The molecule has 3 N–H and O–H groups in total. The number of aliphatic hydroxyl groups excluding tert-OH is 1. The summed E-state index contributed by atoms with van der Waals surface area (Å²) in [7, 11) is -3.63. The van der Waals surface area contributed by atoms with Crippen molar-refractivity contribution in [3.8, 4) is 0 Å². The van der Waals surface area contributed by atoms with Crippen LogP contribution in [0.2, 0.25) is 0 Å². The van der Waals surface area contributed by atoms with E-state index in [1.54, 1.807) is 6.92 Å². The van der Waals surface area contributed by atoms with Crippen molar-refractivity contribution in [3.05, 3.63) is 29.8 Å². The van der Waals surface area contributed by atoms with Crippen LogP contribution in [-0.4, -0.2) is 45.1 Å². The minimum absolute atomic E-state index is 0.0263. The Hall–Kier alpha value is -1.58. The zero-order valence-corrected chi connectivity index (χ0v) is 12.1. The van der Waals surface area contributed by atoms with Gasteiger partial charge < -0.3 is 10.4 Å². The van der Waals surface area contributed by atoms with Crippen molar-refractivity contribution in [1.82, 2.24) is 10.0 Å². The molecule has 21 heavy (non-hydrogen) atoms. The second kappa shape index (κ2) is 6.92. The molecule has 0 aliphatic heterocycles. The average molecular weight is 322 g/mol. The summed E-state index contributed by atoms with van der Waals surface area (Å²) in [4.78, 5) is 11.6. The summed E-state index contributed by atoms with van der Waals surface area (Å²) in [5.74, 6) is -4.18. The summed E-state index contributed by atoms with van der Waals surface area (Å²) >= 11 is 0. The summed E-state index contributed by atoms with van der Waals surface area (Å²) in [6.45, 7) is -0.519. The van der Waals surface area contributed by atoms with Crippen molar-refractivity contribution in [2.24, 2.45) is 0 Å². The van der Waals surface area contributed by atoms with Gasteiger partial charge in [-0.15, -0.1) is 0 Å². The predicted molar refractivity (Wildman–Crippen MR) is 71.7 cm³/mol. The first-order valence-electron chi connectivity index (χ1n) is 6.08. The van der Waals surface area contributed by atoms with Gasteiger partial charge in [0.25, 0.3) is 11.8 Å². The molecule has 1 aromatic carbocycles. The molecule has 0 saturated carbocycles. The molecule has 118 valence electrons. The van der Waals surface area contributed by atoms with Crippen LogP contribution in [-0.2, 0) is 10.0 Å². The van der Waals surface area contributed by atoms with Crippen LogP contribution in [0.4, 0.5) is 8.78 Å². The monoisotopic (exact) mass is 322 g/mol. The number of amides is 1. The second-order valence-corrected chi connectivity index (χ2v) is 5.99. The van der Waals surface area contributed by atoms with Gasteiger partial charge in [-0.3, -0.25) is 4.79 Å². The SMILES string of the molecule is CCNS(=O)(=O)c1ccc(C(=O)NCC(F)(F)CO)cc1. The summed E-state index contributed by atoms with van der Waals surface area (Å²) in [6, 6.07) is 4.85. The minimum atomic E-state index is -3.63. The van der Waals surface area contributed by atoms with E-state index in [0.29, 0.717) is 0 Å². The lowest BCUT2D eigenvalue weighted by atomic mass is 10.2. The molecule has 0 atom stereocenters. The molecule has 0 aliphatic carbocycles. The predicted octanol–water partition coefficient (Wildman–Crippen LogP) is 0.342. The molecule has 0 bridgehead atoms. The van der Waals surface area contributed by atoms with Gasteiger partial charge in [0.05, 0.1) is 11.4 Å². The standard InChI is InChI=1S/C12H16F2N2O4S/c1-2-16-21(19,20)10-5-3-9(4-6-10)11(18)15-7-12(13,14)8-17/h3-6,16-17H,2,7-8H2,1H3,(H,15,18). The first kappa shape index (κ1) is 17.5. The van der Waals surface area contributed by atoms with Gasteiger partial charge >= 0.3 is 0 Å². The van der Waals surface area contributed by atoms with E-state index in [-0.39, 0.29) is 17.0 Å². The van der Waals surface area contributed by atoms with Crippen molar-refractivity contribution < 1.29 is 27.1 Å². The Morgan fingerprint density at radius 2 is 1.86 bits per heavy atom. The Bertz CT molecular complexity index is 588. The van der Waals surface area contributed by atoms with E-state index in [9.17, 15) is 22.0 Å². The molecular formula is C12H16F2N2O4S. The minimum Gasteiger partial charge on any atom is -0.390 e. The third-order valence-electron chi connectivity index (χ3n) is 2.50. The van der Waals surface area contributed by atoms with Gasteiger partial charge in [0.1, 0.15) is 6.61 Å². The third kappa shape index (κ3) is 5.03. The van der Waals surface area contributed by atoms with Crippen LogP contribution in [0.25, 0.3) is 0 Å². The van der Waals surface area contributed by atoms with E-state index >= 15 is 0 Å². The quantitative estimate of drug-likeness (QED) is 0.675. The number of nitrogens with one attached hydrogen (secondary N) is 2. The molecule has 1 rings (SSSR count). The van der Waals surface area contributed by atoms with Crippen LogP contribution in [0.1, 0.15) is 17.3 Å². The number of halogens is 2. The topological polar surface area (TPSA) is 95.5 Å². The van der Waals surface area contributed by atoms with E-state index < -0.39 is 35.0 Å². The Morgan fingerprint density at radius 3 is 2.33 bits per heavy atom. The molecule has 1 amide bonds. The smallest absolute Gasteiger partial charge is 0.287 e. The van der Waals surface area contributed by atoms with Crippen LogP contribution < -0.4 is 10.0 Å². The first-order chi connectivity index (χ1) is 9.72. The lowest BCUT2D eigenvalue weighted by Crippen LogP contribution is -2.39. The molecule has 0 radical (unpaired) electrons. The highest BCUT2D eigenvalue weighted by Crippen LogP contribution is 2.12. The molecule has 1 aromatic rings. The number of hydrogen-bond donors (Lipinski definition) is 3. The fourth-order valence-corrected chi connectivity index (χ4v) is 2.47. The fraction of sp³-hybridized carbons (Fsp3) is 0.417. The van der Waals surface area contributed by atoms with Crippen LogP contribution in [0.3, 0.4) is 0 Å². The summed E-state index contributed by atoms with van der Waals surface area (Å²) in [6.07, 6.45) is 0. The molecule has 9 heteroatoms. The van der Waals surface area contributed by atoms with E-state index in [2.05, 4.69) is 4.72 Å². The van der Waals surface area contributed by atoms with Crippen LogP contribution in [0.15, 0.2) is 29.2 Å². The van der Waals surface area contributed by atoms with Gasteiger partial charge in [0.2, 0.25) is 10.0 Å². The van der Waals surface area contributed by atoms with Gasteiger partial charge in [-0.05, 0) is 24.3 Å². The van der Waals surface area contributed by atoms with Crippen molar-refractivity contribution >= 4 is 15.9 Å². The van der Waals surface area contributed by atoms with Crippen LogP contribution >= 0.6 is 0 Å². The van der Waals surface area contributed by atoms with Crippen LogP contribution in [0, 0.1) is 0 Å². The molecule has 0 aromatic heterocycles. The van der Waals surface area contributed by atoms with Gasteiger partial charge in [-0.1, -0.05) is 6.92 Å². The molecule has 0 saturated heterocycles. The van der Waals surface area contributed by atoms with Gasteiger partial charge in [-0.2, -0.15) is 0 Å². The largest absolute Gasteiger partial charge is 0.390 e. The average Bonchev–Trinajstić information content (AvgIpc) is 2.45. The van der Waals surface area contributed by atoms with E-state index in [1.807, 2.05) is 5.32 Å². The number of alkyl halides is 2. The number of rotatable bonds is 7. The Morgan fingerprint density at radius 1 is 1.29 bits per heavy atom. The Balaban J connectivity index is 2.77. The zero-order valence-electron chi connectivity index (χ0n) is 11.3. The normalized spacial score (nSPS) is 12.2.